The zero-order valence-corrected chi connectivity index (χ0v) is 18.1. The molecular formula is C23H30ClF2NO2. The Morgan fingerprint density at radius 1 is 1.03 bits per heavy atom. The molecule has 0 amide bonds. The number of ether oxygens (including phenoxy) is 1. The first-order valence-corrected chi connectivity index (χ1v) is 9.88. The largest absolute Gasteiger partial charge is 0.381 e. The van der Waals surface area contributed by atoms with Crippen LogP contribution in [0.2, 0.25) is 0 Å². The summed E-state index contributed by atoms with van der Waals surface area (Å²) in [6, 6.07) is 10.4. The van der Waals surface area contributed by atoms with Crippen molar-refractivity contribution in [2.45, 2.75) is 45.1 Å². The molecule has 1 fully saturated rings. The van der Waals surface area contributed by atoms with Crippen molar-refractivity contribution in [3.63, 3.8) is 0 Å². The molecule has 3 rings (SSSR count). The van der Waals surface area contributed by atoms with Gasteiger partial charge in [-0.3, -0.25) is 0 Å². The molecular weight excluding hydrogens is 396 g/mol. The van der Waals surface area contributed by atoms with Crippen molar-refractivity contribution in [2.75, 3.05) is 26.9 Å². The SMILES string of the molecule is CON(CC(Cc1c(F)cccc1F)c1c(C)cccc1C)C1CCOCC1.Cl. The minimum absolute atomic E-state index is 0. The van der Waals surface area contributed by atoms with Gasteiger partial charge in [0.1, 0.15) is 11.6 Å². The first kappa shape index (κ1) is 23.7. The Hall–Kier alpha value is -1.53. The lowest BCUT2D eigenvalue weighted by atomic mass is 9.85. The number of hydrogen-bond donors (Lipinski definition) is 0. The van der Waals surface area contributed by atoms with Crippen molar-refractivity contribution >= 4 is 12.4 Å². The highest BCUT2D eigenvalue weighted by atomic mass is 35.5. The maximum atomic E-state index is 14.4. The highest BCUT2D eigenvalue weighted by Gasteiger charge is 2.28. The fourth-order valence-electron chi connectivity index (χ4n) is 4.27. The lowest BCUT2D eigenvalue weighted by Gasteiger charge is -2.35. The predicted octanol–water partition coefficient (Wildman–Crippen LogP) is 5.37. The number of nitrogens with zero attached hydrogens (tertiary/aromatic N) is 1. The first-order valence-electron chi connectivity index (χ1n) is 9.88. The number of hydroxylamine groups is 2. The summed E-state index contributed by atoms with van der Waals surface area (Å²) in [4.78, 5) is 5.71. The fourth-order valence-corrected chi connectivity index (χ4v) is 4.27. The van der Waals surface area contributed by atoms with Crippen molar-refractivity contribution in [1.29, 1.82) is 0 Å². The molecule has 3 nitrogen and oxygen atoms in total. The van der Waals surface area contributed by atoms with Gasteiger partial charge in [-0.2, -0.15) is 5.06 Å². The molecule has 1 aliphatic rings. The van der Waals surface area contributed by atoms with Crippen LogP contribution < -0.4 is 0 Å². The molecule has 1 heterocycles. The van der Waals surface area contributed by atoms with Crippen LogP contribution in [0.3, 0.4) is 0 Å². The van der Waals surface area contributed by atoms with E-state index in [9.17, 15) is 8.78 Å². The van der Waals surface area contributed by atoms with Crippen LogP contribution in [0, 0.1) is 25.5 Å². The average molecular weight is 426 g/mol. The van der Waals surface area contributed by atoms with Crippen LogP contribution in [-0.4, -0.2) is 38.0 Å². The van der Waals surface area contributed by atoms with E-state index in [0.29, 0.717) is 19.8 Å². The zero-order valence-electron chi connectivity index (χ0n) is 17.3. The molecule has 0 saturated carbocycles. The minimum Gasteiger partial charge on any atom is -0.381 e. The highest BCUT2D eigenvalue weighted by Crippen LogP contribution is 2.31. The second-order valence-electron chi connectivity index (χ2n) is 7.53. The molecule has 0 bridgehead atoms. The summed E-state index contributed by atoms with van der Waals surface area (Å²) in [5, 5.41) is 1.97. The van der Waals surface area contributed by atoms with Crippen molar-refractivity contribution < 1.29 is 18.4 Å². The van der Waals surface area contributed by atoms with Gasteiger partial charge in [0, 0.05) is 37.3 Å². The van der Waals surface area contributed by atoms with Crippen molar-refractivity contribution in [2.24, 2.45) is 0 Å². The molecule has 0 aliphatic carbocycles. The fraction of sp³-hybridized carbons (Fsp3) is 0.478. The van der Waals surface area contributed by atoms with Gasteiger partial charge in [0.15, 0.2) is 0 Å². The lowest BCUT2D eigenvalue weighted by molar-refractivity contribution is -0.180. The van der Waals surface area contributed by atoms with E-state index in [1.165, 1.54) is 18.2 Å². The van der Waals surface area contributed by atoms with E-state index in [1.807, 2.05) is 11.1 Å². The third kappa shape index (κ3) is 5.76. The van der Waals surface area contributed by atoms with Crippen molar-refractivity contribution in [1.82, 2.24) is 5.06 Å². The van der Waals surface area contributed by atoms with Crippen LogP contribution >= 0.6 is 12.4 Å². The second-order valence-corrected chi connectivity index (χ2v) is 7.53. The third-order valence-electron chi connectivity index (χ3n) is 5.70. The maximum absolute atomic E-state index is 14.4. The molecule has 1 atom stereocenters. The summed E-state index contributed by atoms with van der Waals surface area (Å²) in [6.07, 6.45) is 2.07. The van der Waals surface area contributed by atoms with Crippen LogP contribution in [0.4, 0.5) is 8.78 Å². The van der Waals surface area contributed by atoms with Gasteiger partial charge < -0.3 is 9.57 Å². The molecule has 1 unspecified atom stereocenters. The standard InChI is InChI=1S/C23H29F2NO2.ClH/c1-16-6-4-7-17(2)23(16)18(14-20-21(24)8-5-9-22(20)25)15-26(27-3)19-10-12-28-13-11-19;/h4-9,18-19H,10-15H2,1-3H3;1H. The molecule has 6 heteroatoms. The van der Waals surface area contributed by atoms with Gasteiger partial charge in [-0.25, -0.2) is 8.78 Å². The van der Waals surface area contributed by atoms with Gasteiger partial charge in [-0.05, 0) is 61.9 Å². The predicted molar refractivity (Wildman–Crippen MR) is 114 cm³/mol. The van der Waals surface area contributed by atoms with E-state index < -0.39 is 11.6 Å². The molecule has 2 aromatic rings. The van der Waals surface area contributed by atoms with Gasteiger partial charge in [0.2, 0.25) is 0 Å². The Morgan fingerprint density at radius 2 is 1.59 bits per heavy atom. The van der Waals surface area contributed by atoms with Crippen LogP contribution in [0.15, 0.2) is 36.4 Å². The Bertz CT molecular complexity index is 756. The van der Waals surface area contributed by atoms with Crippen LogP contribution in [0.1, 0.15) is 41.0 Å². The van der Waals surface area contributed by atoms with Gasteiger partial charge in [-0.15, -0.1) is 12.4 Å². The van der Waals surface area contributed by atoms with Crippen molar-refractivity contribution in [3.8, 4) is 0 Å². The average Bonchev–Trinajstić information content (AvgIpc) is 2.69. The summed E-state index contributed by atoms with van der Waals surface area (Å²) in [5.41, 5.74) is 3.53. The van der Waals surface area contributed by atoms with Crippen molar-refractivity contribution in [3.05, 3.63) is 70.3 Å². The smallest absolute Gasteiger partial charge is 0.129 e. The monoisotopic (exact) mass is 425 g/mol. The molecule has 0 aromatic heterocycles. The molecule has 1 saturated heterocycles. The van der Waals surface area contributed by atoms with E-state index in [0.717, 1.165) is 29.5 Å². The Labute approximate surface area is 178 Å². The summed E-state index contributed by atoms with van der Waals surface area (Å²) < 4.78 is 34.3. The molecule has 2 aromatic carbocycles. The lowest BCUT2D eigenvalue weighted by Crippen LogP contribution is -2.41. The zero-order chi connectivity index (χ0) is 20.1. The number of rotatable bonds is 7. The number of hydrogen-bond acceptors (Lipinski definition) is 3. The quantitative estimate of drug-likeness (QED) is 0.556. The summed E-state index contributed by atoms with van der Waals surface area (Å²) in [5.74, 6) is -1.08. The summed E-state index contributed by atoms with van der Waals surface area (Å²) >= 11 is 0. The van der Waals surface area contributed by atoms with Gasteiger partial charge in [-0.1, -0.05) is 24.3 Å². The van der Waals surface area contributed by atoms with Gasteiger partial charge in [0.05, 0.1) is 7.11 Å². The first-order chi connectivity index (χ1) is 13.5. The third-order valence-corrected chi connectivity index (χ3v) is 5.70. The Morgan fingerprint density at radius 3 is 2.14 bits per heavy atom. The molecule has 29 heavy (non-hydrogen) atoms. The van der Waals surface area contributed by atoms with Gasteiger partial charge in [0.25, 0.3) is 0 Å². The molecule has 1 aliphatic heterocycles. The van der Waals surface area contributed by atoms with E-state index in [1.54, 1.807) is 7.11 Å². The summed E-state index contributed by atoms with van der Waals surface area (Å²) in [6.45, 7) is 6.10. The maximum Gasteiger partial charge on any atom is 0.129 e. The van der Waals surface area contributed by atoms with E-state index in [4.69, 9.17) is 9.57 Å². The molecule has 160 valence electrons. The second kappa shape index (κ2) is 11.0. The Kier molecular flexibility index (Phi) is 9.03. The minimum atomic E-state index is -0.494. The Balaban J connectivity index is 0.00000300. The highest BCUT2D eigenvalue weighted by molar-refractivity contribution is 5.85. The number of aryl methyl sites for hydroxylation is 2. The summed E-state index contributed by atoms with van der Waals surface area (Å²) in [7, 11) is 1.67. The molecule has 0 radical (unpaired) electrons. The number of benzene rings is 2. The van der Waals surface area contributed by atoms with Crippen LogP contribution in [0.25, 0.3) is 0 Å². The molecule has 0 spiro atoms. The van der Waals surface area contributed by atoms with Crippen LogP contribution in [0.5, 0.6) is 0 Å². The van der Waals surface area contributed by atoms with Gasteiger partial charge >= 0.3 is 0 Å². The van der Waals surface area contributed by atoms with E-state index >= 15 is 0 Å². The van der Waals surface area contributed by atoms with E-state index in [-0.39, 0.29) is 36.4 Å². The normalized spacial score (nSPS) is 15.9. The molecule has 0 N–H and O–H groups in total. The topological polar surface area (TPSA) is 21.7 Å². The number of halogens is 3. The van der Waals surface area contributed by atoms with E-state index in [2.05, 4.69) is 26.0 Å². The van der Waals surface area contributed by atoms with Crippen LogP contribution in [-0.2, 0) is 16.0 Å².